The van der Waals surface area contributed by atoms with Gasteiger partial charge in [-0.25, -0.2) is 13.8 Å². The van der Waals surface area contributed by atoms with Gasteiger partial charge in [0.05, 0.1) is 5.69 Å². The van der Waals surface area contributed by atoms with E-state index in [9.17, 15) is 8.78 Å². The summed E-state index contributed by atoms with van der Waals surface area (Å²) < 4.78 is 32.5. The number of hydrogen-bond acceptors (Lipinski definition) is 2. The number of fused-ring (bicyclic) bond motifs is 1. The van der Waals surface area contributed by atoms with Gasteiger partial charge in [0.1, 0.15) is 17.0 Å². The molecule has 0 bridgehead atoms. The van der Waals surface area contributed by atoms with Crippen LogP contribution >= 0.6 is 0 Å². The summed E-state index contributed by atoms with van der Waals surface area (Å²) in [5.41, 5.74) is 0.522. The fourth-order valence-corrected chi connectivity index (χ4v) is 1.97. The van der Waals surface area contributed by atoms with E-state index in [2.05, 4.69) is 4.98 Å². The highest BCUT2D eigenvalue weighted by Gasteiger charge is 2.12. The normalized spacial score (nSPS) is 10.8. The zero-order valence-corrected chi connectivity index (χ0v) is 10.7. The number of ether oxygens (including phenoxy) is 1. The van der Waals surface area contributed by atoms with Crippen molar-refractivity contribution in [3.05, 3.63) is 65.9 Å². The Morgan fingerprint density at radius 1 is 1.00 bits per heavy atom. The van der Waals surface area contributed by atoms with Crippen LogP contribution in [0.4, 0.5) is 8.78 Å². The van der Waals surface area contributed by atoms with Gasteiger partial charge in [-0.1, -0.05) is 18.2 Å². The second-order valence-corrected chi connectivity index (χ2v) is 4.42. The molecule has 100 valence electrons. The average Bonchev–Trinajstić information content (AvgIpc) is 2.46. The van der Waals surface area contributed by atoms with Crippen LogP contribution in [0.15, 0.2) is 48.5 Å². The van der Waals surface area contributed by atoms with E-state index in [1.165, 1.54) is 6.07 Å². The Morgan fingerprint density at radius 3 is 2.50 bits per heavy atom. The van der Waals surface area contributed by atoms with Gasteiger partial charge in [0, 0.05) is 5.39 Å². The van der Waals surface area contributed by atoms with E-state index in [1.54, 1.807) is 13.0 Å². The van der Waals surface area contributed by atoms with Gasteiger partial charge in [-0.05, 0) is 37.3 Å². The quantitative estimate of drug-likeness (QED) is 0.678. The minimum Gasteiger partial charge on any atom is -0.455 e. The largest absolute Gasteiger partial charge is 0.455 e. The second-order valence-electron chi connectivity index (χ2n) is 4.42. The average molecular weight is 271 g/mol. The van der Waals surface area contributed by atoms with Gasteiger partial charge in [-0.3, -0.25) is 0 Å². The fourth-order valence-electron chi connectivity index (χ4n) is 1.97. The summed E-state index contributed by atoms with van der Waals surface area (Å²) in [5.74, 6) is -0.646. The molecule has 0 fully saturated rings. The molecular weight excluding hydrogens is 260 g/mol. The van der Waals surface area contributed by atoms with Crippen LogP contribution in [0.25, 0.3) is 10.9 Å². The van der Waals surface area contributed by atoms with Crippen LogP contribution < -0.4 is 4.74 Å². The smallest absolute Gasteiger partial charge is 0.184 e. The van der Waals surface area contributed by atoms with Gasteiger partial charge in [0.2, 0.25) is 0 Å². The SMILES string of the molecule is Cc1nc2c(F)c(F)ccc2cc1Oc1ccccc1. The number of benzene rings is 2. The molecule has 4 heteroatoms. The maximum atomic E-state index is 13.7. The van der Waals surface area contributed by atoms with Crippen molar-refractivity contribution in [2.45, 2.75) is 6.92 Å². The van der Waals surface area contributed by atoms with E-state index in [-0.39, 0.29) is 5.52 Å². The van der Waals surface area contributed by atoms with Crippen LogP contribution in [0.3, 0.4) is 0 Å². The van der Waals surface area contributed by atoms with Gasteiger partial charge in [-0.2, -0.15) is 0 Å². The second kappa shape index (κ2) is 4.89. The molecule has 0 atom stereocenters. The van der Waals surface area contributed by atoms with Gasteiger partial charge in [0.15, 0.2) is 11.6 Å². The summed E-state index contributed by atoms with van der Waals surface area (Å²) in [7, 11) is 0. The number of aryl methyl sites for hydroxylation is 1. The molecule has 0 aliphatic heterocycles. The molecule has 1 heterocycles. The number of nitrogens with zero attached hydrogens (tertiary/aromatic N) is 1. The first-order valence-electron chi connectivity index (χ1n) is 6.13. The van der Waals surface area contributed by atoms with Gasteiger partial charge in [-0.15, -0.1) is 0 Å². The molecule has 0 aliphatic carbocycles. The standard InChI is InChI=1S/C16H11F2NO/c1-10-14(20-12-5-3-2-4-6-12)9-11-7-8-13(17)15(18)16(11)19-10/h2-9H,1H3. The highest BCUT2D eigenvalue weighted by atomic mass is 19.2. The number of aromatic nitrogens is 1. The predicted octanol–water partition coefficient (Wildman–Crippen LogP) is 4.61. The van der Waals surface area contributed by atoms with E-state index >= 15 is 0 Å². The Morgan fingerprint density at radius 2 is 1.75 bits per heavy atom. The lowest BCUT2D eigenvalue weighted by molar-refractivity contribution is 0.476. The summed E-state index contributed by atoms with van der Waals surface area (Å²) in [6.45, 7) is 1.70. The number of hydrogen-bond donors (Lipinski definition) is 0. The Kier molecular flexibility index (Phi) is 3.06. The molecule has 0 saturated heterocycles. The van der Waals surface area contributed by atoms with Crippen molar-refractivity contribution in [2.75, 3.05) is 0 Å². The molecule has 0 amide bonds. The molecule has 20 heavy (non-hydrogen) atoms. The van der Waals surface area contributed by atoms with Crippen molar-refractivity contribution >= 4 is 10.9 Å². The van der Waals surface area contributed by atoms with Crippen LogP contribution in [0.2, 0.25) is 0 Å². The molecule has 0 N–H and O–H groups in total. The summed E-state index contributed by atoms with van der Waals surface area (Å²) in [4.78, 5) is 4.09. The molecule has 0 aliphatic rings. The molecule has 0 unspecified atom stereocenters. The van der Waals surface area contributed by atoms with Crippen molar-refractivity contribution in [2.24, 2.45) is 0 Å². The Balaban J connectivity index is 2.09. The number of para-hydroxylation sites is 1. The van der Waals surface area contributed by atoms with Gasteiger partial charge in [0.25, 0.3) is 0 Å². The third-order valence-corrected chi connectivity index (χ3v) is 2.99. The highest BCUT2D eigenvalue weighted by Crippen LogP contribution is 2.28. The Hall–Kier alpha value is -2.49. The fraction of sp³-hybridized carbons (Fsp3) is 0.0625. The Labute approximate surface area is 114 Å². The van der Waals surface area contributed by atoms with E-state index < -0.39 is 11.6 Å². The monoisotopic (exact) mass is 271 g/mol. The maximum absolute atomic E-state index is 13.7. The van der Waals surface area contributed by atoms with Crippen LogP contribution in [-0.2, 0) is 0 Å². The lowest BCUT2D eigenvalue weighted by Gasteiger charge is -2.10. The molecule has 2 nitrogen and oxygen atoms in total. The van der Waals surface area contributed by atoms with Crippen LogP contribution in [0.5, 0.6) is 11.5 Å². The van der Waals surface area contributed by atoms with E-state index in [1.807, 2.05) is 30.3 Å². The molecule has 0 radical (unpaired) electrons. The first kappa shape index (κ1) is 12.5. The van der Waals surface area contributed by atoms with Crippen molar-refractivity contribution in [3.63, 3.8) is 0 Å². The highest BCUT2D eigenvalue weighted by molar-refractivity contribution is 5.81. The first-order valence-corrected chi connectivity index (χ1v) is 6.13. The molecule has 3 rings (SSSR count). The molecule has 3 aromatic rings. The zero-order chi connectivity index (χ0) is 14.1. The van der Waals surface area contributed by atoms with E-state index in [0.717, 1.165) is 6.07 Å². The summed E-state index contributed by atoms with van der Waals surface area (Å²) in [6, 6.07) is 13.5. The molecule has 2 aromatic carbocycles. The molecule has 0 saturated carbocycles. The third-order valence-electron chi connectivity index (χ3n) is 2.99. The molecular formula is C16H11F2NO. The van der Waals surface area contributed by atoms with Crippen molar-refractivity contribution in [1.29, 1.82) is 0 Å². The van der Waals surface area contributed by atoms with Crippen molar-refractivity contribution in [1.82, 2.24) is 4.98 Å². The van der Waals surface area contributed by atoms with Crippen LogP contribution in [0.1, 0.15) is 5.69 Å². The van der Waals surface area contributed by atoms with E-state index in [0.29, 0.717) is 22.6 Å². The lowest BCUT2D eigenvalue weighted by Crippen LogP contribution is -1.95. The number of pyridine rings is 1. The topological polar surface area (TPSA) is 22.1 Å². The third kappa shape index (κ3) is 2.20. The predicted molar refractivity (Wildman–Crippen MR) is 72.9 cm³/mol. The van der Waals surface area contributed by atoms with Crippen LogP contribution in [0, 0.1) is 18.6 Å². The van der Waals surface area contributed by atoms with Gasteiger partial charge >= 0.3 is 0 Å². The molecule has 0 spiro atoms. The first-order chi connectivity index (χ1) is 9.65. The number of rotatable bonds is 2. The zero-order valence-electron chi connectivity index (χ0n) is 10.7. The minimum absolute atomic E-state index is 0.0166. The molecule has 1 aromatic heterocycles. The van der Waals surface area contributed by atoms with Crippen LogP contribution in [-0.4, -0.2) is 4.98 Å². The summed E-state index contributed by atoms with van der Waals surface area (Å²) in [5, 5.41) is 0.500. The summed E-state index contributed by atoms with van der Waals surface area (Å²) in [6.07, 6.45) is 0. The maximum Gasteiger partial charge on any atom is 0.184 e. The van der Waals surface area contributed by atoms with E-state index in [4.69, 9.17) is 4.74 Å². The Bertz CT molecular complexity index is 772. The van der Waals surface area contributed by atoms with Crippen molar-refractivity contribution in [3.8, 4) is 11.5 Å². The summed E-state index contributed by atoms with van der Waals surface area (Å²) >= 11 is 0. The van der Waals surface area contributed by atoms with Gasteiger partial charge < -0.3 is 4.74 Å². The minimum atomic E-state index is -0.933. The number of halogens is 2. The van der Waals surface area contributed by atoms with Crippen molar-refractivity contribution < 1.29 is 13.5 Å². The lowest BCUT2D eigenvalue weighted by atomic mass is 10.2.